The van der Waals surface area contributed by atoms with Crippen LogP contribution in [0, 0.1) is 0 Å². The third kappa shape index (κ3) is 4.60. The Morgan fingerprint density at radius 1 is 1.00 bits per heavy atom. The Morgan fingerprint density at radius 2 is 1.54 bits per heavy atom. The highest BCUT2D eigenvalue weighted by Gasteiger charge is 2.49. The highest BCUT2D eigenvalue weighted by Crippen LogP contribution is 2.56. The van der Waals surface area contributed by atoms with Crippen molar-refractivity contribution in [3.63, 3.8) is 0 Å². The number of aliphatic hydroxyl groups excluding tert-OH is 1. The fourth-order valence-electron chi connectivity index (χ4n) is 2.76. The Morgan fingerprint density at radius 3 is 2.08 bits per heavy atom. The van der Waals surface area contributed by atoms with E-state index in [0.29, 0.717) is 6.61 Å². The van der Waals surface area contributed by atoms with Crippen LogP contribution in [0.4, 0.5) is 0 Å². The summed E-state index contributed by atoms with van der Waals surface area (Å²) >= 11 is 0. The summed E-state index contributed by atoms with van der Waals surface area (Å²) in [6.07, 6.45) is -1.38. The highest BCUT2D eigenvalue weighted by molar-refractivity contribution is 7.54. The summed E-state index contributed by atoms with van der Waals surface area (Å²) in [6, 6.07) is 19.2. The molecule has 2 aromatic carbocycles. The molecule has 0 bridgehead atoms. The lowest BCUT2D eigenvalue weighted by molar-refractivity contribution is -0.145. The number of rotatable bonds is 7. The molecule has 2 aromatic rings. The standard InChI is InChI=1S/C19H23O6P/c1-22-26(21)19(20)18(24-13-16-10-6-3-7-11-16)17(14-25-26)23-12-15-8-4-2-5-9-15/h2-11,17-20H,12-14H2,1H3/t17-,18+,19-,26+/m1/s1. The van der Waals surface area contributed by atoms with Gasteiger partial charge in [0.05, 0.1) is 19.8 Å². The van der Waals surface area contributed by atoms with Gasteiger partial charge in [0.15, 0.2) is 5.85 Å². The highest BCUT2D eigenvalue weighted by atomic mass is 31.2. The monoisotopic (exact) mass is 378 g/mol. The Hall–Kier alpha value is -1.53. The number of hydrogen-bond acceptors (Lipinski definition) is 6. The van der Waals surface area contributed by atoms with E-state index in [4.69, 9.17) is 18.5 Å². The van der Waals surface area contributed by atoms with E-state index in [1.54, 1.807) is 0 Å². The predicted molar refractivity (Wildman–Crippen MR) is 96.6 cm³/mol. The van der Waals surface area contributed by atoms with Gasteiger partial charge in [-0.2, -0.15) is 0 Å². The van der Waals surface area contributed by atoms with E-state index in [9.17, 15) is 9.67 Å². The van der Waals surface area contributed by atoms with Crippen molar-refractivity contribution in [2.75, 3.05) is 13.7 Å². The number of ether oxygens (including phenoxy) is 2. The van der Waals surface area contributed by atoms with Crippen molar-refractivity contribution in [2.45, 2.75) is 31.3 Å². The molecule has 7 heteroatoms. The maximum atomic E-state index is 12.5. The molecule has 1 saturated heterocycles. The van der Waals surface area contributed by atoms with Crippen molar-refractivity contribution in [3.05, 3.63) is 71.8 Å². The summed E-state index contributed by atoms with van der Waals surface area (Å²) < 4.78 is 34.5. The first-order valence-corrected chi connectivity index (χ1v) is 10.0. The van der Waals surface area contributed by atoms with Gasteiger partial charge < -0.3 is 23.6 Å². The molecule has 0 aromatic heterocycles. The van der Waals surface area contributed by atoms with Gasteiger partial charge in [-0.05, 0) is 11.1 Å². The maximum absolute atomic E-state index is 12.5. The van der Waals surface area contributed by atoms with Crippen LogP contribution in [0.1, 0.15) is 11.1 Å². The second-order valence-electron chi connectivity index (χ2n) is 6.03. The molecule has 1 N–H and O–H groups in total. The molecule has 0 saturated carbocycles. The van der Waals surface area contributed by atoms with Crippen LogP contribution in [0.3, 0.4) is 0 Å². The van der Waals surface area contributed by atoms with Crippen LogP contribution in [0.25, 0.3) is 0 Å². The molecule has 1 heterocycles. The van der Waals surface area contributed by atoms with Crippen LogP contribution in [0.2, 0.25) is 0 Å². The molecular weight excluding hydrogens is 355 g/mol. The lowest BCUT2D eigenvalue weighted by Gasteiger charge is -2.38. The van der Waals surface area contributed by atoms with Crippen LogP contribution in [0.15, 0.2) is 60.7 Å². The minimum absolute atomic E-state index is 0.0223. The Kier molecular flexibility index (Phi) is 6.59. The predicted octanol–water partition coefficient (Wildman–Crippen LogP) is 3.35. The minimum atomic E-state index is -3.65. The van der Waals surface area contributed by atoms with Crippen molar-refractivity contribution in [1.29, 1.82) is 0 Å². The summed E-state index contributed by atoms with van der Waals surface area (Å²) in [5.74, 6) is -1.41. The second kappa shape index (κ2) is 8.91. The summed E-state index contributed by atoms with van der Waals surface area (Å²) in [5.41, 5.74) is 1.93. The first kappa shape index (κ1) is 19.2. The fraction of sp³-hybridized carbons (Fsp3) is 0.368. The molecular formula is C19H23O6P. The smallest absolute Gasteiger partial charge is 0.361 e. The molecule has 0 aliphatic carbocycles. The first-order valence-electron chi connectivity index (χ1n) is 8.41. The van der Waals surface area contributed by atoms with Crippen LogP contribution in [0.5, 0.6) is 0 Å². The third-order valence-corrected chi connectivity index (χ3v) is 6.21. The van der Waals surface area contributed by atoms with Gasteiger partial charge in [-0.3, -0.25) is 4.57 Å². The molecule has 140 valence electrons. The molecule has 26 heavy (non-hydrogen) atoms. The summed E-state index contributed by atoms with van der Waals surface area (Å²) in [6.45, 7) is 0.621. The summed E-state index contributed by atoms with van der Waals surface area (Å²) in [4.78, 5) is 0. The molecule has 0 amide bonds. The van der Waals surface area contributed by atoms with Gasteiger partial charge in [0.1, 0.15) is 12.2 Å². The second-order valence-corrected chi connectivity index (χ2v) is 8.26. The fourth-order valence-corrected chi connectivity index (χ4v) is 4.23. The van der Waals surface area contributed by atoms with E-state index in [-0.39, 0.29) is 13.2 Å². The Balaban J connectivity index is 1.69. The van der Waals surface area contributed by atoms with Gasteiger partial charge in [0.25, 0.3) is 0 Å². The normalized spacial score (nSPS) is 28.8. The van der Waals surface area contributed by atoms with E-state index in [1.165, 1.54) is 7.11 Å². The molecule has 0 unspecified atom stereocenters. The molecule has 4 atom stereocenters. The van der Waals surface area contributed by atoms with Crippen LogP contribution < -0.4 is 0 Å². The molecule has 1 fully saturated rings. The quantitative estimate of drug-likeness (QED) is 0.745. The van der Waals surface area contributed by atoms with Gasteiger partial charge >= 0.3 is 7.60 Å². The Labute approximate surface area is 153 Å². The molecule has 1 aliphatic heterocycles. The average Bonchev–Trinajstić information content (AvgIpc) is 2.70. The lowest BCUT2D eigenvalue weighted by atomic mass is 10.2. The zero-order valence-corrected chi connectivity index (χ0v) is 15.5. The van der Waals surface area contributed by atoms with Gasteiger partial charge in [-0.1, -0.05) is 60.7 Å². The van der Waals surface area contributed by atoms with Crippen LogP contribution >= 0.6 is 7.60 Å². The lowest BCUT2D eigenvalue weighted by Crippen LogP contribution is -2.47. The molecule has 3 rings (SSSR count). The zero-order valence-electron chi connectivity index (χ0n) is 14.6. The largest absolute Gasteiger partial charge is 0.378 e. The molecule has 6 nitrogen and oxygen atoms in total. The zero-order chi connectivity index (χ0) is 18.4. The van der Waals surface area contributed by atoms with E-state index < -0.39 is 25.6 Å². The van der Waals surface area contributed by atoms with E-state index >= 15 is 0 Å². The average molecular weight is 378 g/mol. The van der Waals surface area contributed by atoms with E-state index in [1.807, 2.05) is 60.7 Å². The topological polar surface area (TPSA) is 74.2 Å². The van der Waals surface area contributed by atoms with E-state index in [2.05, 4.69) is 0 Å². The van der Waals surface area contributed by atoms with Crippen molar-refractivity contribution >= 4 is 7.60 Å². The molecule has 0 radical (unpaired) electrons. The van der Waals surface area contributed by atoms with Crippen molar-refractivity contribution in [2.24, 2.45) is 0 Å². The number of hydrogen-bond donors (Lipinski definition) is 1. The number of aliphatic hydroxyl groups is 1. The van der Waals surface area contributed by atoms with Crippen molar-refractivity contribution < 1.29 is 28.2 Å². The van der Waals surface area contributed by atoms with Crippen LogP contribution in [-0.4, -0.2) is 36.9 Å². The van der Waals surface area contributed by atoms with Gasteiger partial charge in [-0.15, -0.1) is 0 Å². The van der Waals surface area contributed by atoms with Crippen molar-refractivity contribution in [1.82, 2.24) is 0 Å². The summed E-state index contributed by atoms with van der Waals surface area (Å²) in [5, 5.41) is 10.5. The maximum Gasteiger partial charge on any atom is 0.361 e. The van der Waals surface area contributed by atoms with Gasteiger partial charge in [-0.25, -0.2) is 0 Å². The minimum Gasteiger partial charge on any atom is -0.378 e. The SMILES string of the molecule is CO[P@]1(=O)OC[C@@H](OCc2ccccc2)[C@H](OCc2ccccc2)[C@@H]1O. The first-order chi connectivity index (χ1) is 12.6. The van der Waals surface area contributed by atoms with Crippen LogP contribution in [-0.2, 0) is 36.3 Å². The van der Waals surface area contributed by atoms with E-state index in [0.717, 1.165) is 11.1 Å². The number of benzene rings is 2. The molecule has 1 aliphatic rings. The molecule has 0 spiro atoms. The summed E-state index contributed by atoms with van der Waals surface area (Å²) in [7, 11) is -2.39. The van der Waals surface area contributed by atoms with Gasteiger partial charge in [0, 0.05) is 7.11 Å². The van der Waals surface area contributed by atoms with Gasteiger partial charge in [0.2, 0.25) is 0 Å². The third-order valence-electron chi connectivity index (χ3n) is 4.25. The Bertz CT molecular complexity index is 723. The van der Waals surface area contributed by atoms with Crippen molar-refractivity contribution in [3.8, 4) is 0 Å².